The van der Waals surface area contributed by atoms with Gasteiger partial charge in [-0.25, -0.2) is 0 Å². The van der Waals surface area contributed by atoms with Crippen LogP contribution in [0.25, 0.3) is 0 Å². The van der Waals surface area contributed by atoms with Gasteiger partial charge in [0.15, 0.2) is 0 Å². The van der Waals surface area contributed by atoms with Crippen LogP contribution in [0, 0.1) is 6.92 Å². The highest BCUT2D eigenvalue weighted by Crippen LogP contribution is 2.40. The van der Waals surface area contributed by atoms with Crippen LogP contribution >= 0.6 is 11.3 Å². The van der Waals surface area contributed by atoms with E-state index in [1.54, 1.807) is 11.3 Å². The van der Waals surface area contributed by atoms with Crippen molar-refractivity contribution in [2.24, 2.45) is 5.73 Å². The number of aryl methyl sites for hydroxylation is 1. The zero-order chi connectivity index (χ0) is 11.8. The van der Waals surface area contributed by atoms with Gasteiger partial charge in [-0.1, -0.05) is 23.8 Å². The number of thiophene rings is 1. The van der Waals surface area contributed by atoms with Gasteiger partial charge < -0.3 is 10.5 Å². The van der Waals surface area contributed by atoms with Crippen molar-refractivity contribution >= 4 is 11.3 Å². The molecule has 1 aliphatic rings. The number of ether oxygens (including phenoxy) is 1. The Morgan fingerprint density at radius 2 is 2.24 bits per heavy atom. The summed E-state index contributed by atoms with van der Waals surface area (Å²) in [4.78, 5) is 1.26. The molecule has 0 bridgehead atoms. The fraction of sp³-hybridized carbons (Fsp3) is 0.286. The number of benzene rings is 1. The first-order chi connectivity index (χ1) is 8.24. The predicted octanol–water partition coefficient (Wildman–Crippen LogP) is 3.58. The zero-order valence-corrected chi connectivity index (χ0v) is 10.5. The lowest BCUT2D eigenvalue weighted by molar-refractivity contribution is 0.165. The van der Waals surface area contributed by atoms with Gasteiger partial charge in [0.1, 0.15) is 11.9 Å². The van der Waals surface area contributed by atoms with Crippen LogP contribution < -0.4 is 10.5 Å². The van der Waals surface area contributed by atoms with Crippen LogP contribution in [0.2, 0.25) is 0 Å². The molecule has 2 N–H and O–H groups in total. The molecule has 0 amide bonds. The summed E-state index contributed by atoms with van der Waals surface area (Å²) in [5.41, 5.74) is 8.61. The zero-order valence-electron chi connectivity index (χ0n) is 9.72. The molecular formula is C14H15NOS. The first-order valence-corrected chi connectivity index (χ1v) is 6.68. The van der Waals surface area contributed by atoms with Crippen molar-refractivity contribution in [1.82, 2.24) is 0 Å². The molecule has 0 fully saturated rings. The lowest BCUT2D eigenvalue weighted by Gasteiger charge is -2.30. The molecule has 0 spiro atoms. The van der Waals surface area contributed by atoms with Crippen molar-refractivity contribution in [3.05, 3.63) is 51.7 Å². The third-order valence-corrected chi connectivity index (χ3v) is 4.13. The molecule has 1 aromatic heterocycles. The summed E-state index contributed by atoms with van der Waals surface area (Å²) in [6, 6.07) is 10.5. The van der Waals surface area contributed by atoms with Gasteiger partial charge in [-0.05, 0) is 24.4 Å². The molecule has 2 atom stereocenters. The third-order valence-electron chi connectivity index (χ3n) is 3.16. The summed E-state index contributed by atoms with van der Waals surface area (Å²) < 4.78 is 6.03. The van der Waals surface area contributed by atoms with Crippen LogP contribution in [0.3, 0.4) is 0 Å². The van der Waals surface area contributed by atoms with Gasteiger partial charge >= 0.3 is 0 Å². The maximum atomic E-state index is 6.24. The molecule has 2 nitrogen and oxygen atoms in total. The van der Waals surface area contributed by atoms with Crippen LogP contribution in [0.4, 0.5) is 0 Å². The van der Waals surface area contributed by atoms with E-state index >= 15 is 0 Å². The molecule has 1 aromatic carbocycles. The minimum Gasteiger partial charge on any atom is -0.484 e. The average molecular weight is 245 g/mol. The molecule has 3 rings (SSSR count). The van der Waals surface area contributed by atoms with Gasteiger partial charge in [-0.15, -0.1) is 11.3 Å². The topological polar surface area (TPSA) is 35.2 Å². The lowest BCUT2D eigenvalue weighted by atomic mass is 9.95. The van der Waals surface area contributed by atoms with Gasteiger partial charge in [0.05, 0.1) is 0 Å². The van der Waals surface area contributed by atoms with Crippen molar-refractivity contribution in [1.29, 1.82) is 0 Å². The molecule has 2 aromatic rings. The molecule has 88 valence electrons. The highest BCUT2D eigenvalue weighted by Gasteiger charge is 2.27. The van der Waals surface area contributed by atoms with E-state index in [1.165, 1.54) is 10.4 Å². The largest absolute Gasteiger partial charge is 0.484 e. The Morgan fingerprint density at radius 3 is 3.00 bits per heavy atom. The van der Waals surface area contributed by atoms with Crippen molar-refractivity contribution in [3.8, 4) is 5.75 Å². The van der Waals surface area contributed by atoms with E-state index in [4.69, 9.17) is 10.5 Å². The predicted molar refractivity (Wildman–Crippen MR) is 70.4 cm³/mol. The Bertz CT molecular complexity index is 521. The lowest BCUT2D eigenvalue weighted by Crippen LogP contribution is -2.23. The Hall–Kier alpha value is -1.32. The van der Waals surface area contributed by atoms with E-state index in [9.17, 15) is 0 Å². The van der Waals surface area contributed by atoms with Crippen molar-refractivity contribution in [2.45, 2.75) is 25.5 Å². The van der Waals surface area contributed by atoms with E-state index in [0.29, 0.717) is 0 Å². The molecule has 0 saturated carbocycles. The first kappa shape index (κ1) is 10.8. The second-order valence-electron chi connectivity index (χ2n) is 4.51. The maximum Gasteiger partial charge on any atom is 0.135 e. The summed E-state index contributed by atoms with van der Waals surface area (Å²) in [7, 11) is 0. The quantitative estimate of drug-likeness (QED) is 0.833. The van der Waals surface area contributed by atoms with Gasteiger partial charge in [0.2, 0.25) is 0 Å². The molecular weight excluding hydrogens is 230 g/mol. The fourth-order valence-electron chi connectivity index (χ4n) is 2.27. The standard InChI is InChI=1S/C14H15NOS/c1-9-4-5-12-10(7-9)11(15)8-13(16-12)14-3-2-6-17-14/h2-7,11,13H,8,15H2,1H3. The van der Waals surface area contributed by atoms with Crippen LogP contribution in [0.1, 0.15) is 34.6 Å². The smallest absolute Gasteiger partial charge is 0.135 e. The molecule has 1 aliphatic heterocycles. The summed E-state index contributed by atoms with van der Waals surface area (Å²) in [6.07, 6.45) is 0.969. The molecule has 17 heavy (non-hydrogen) atoms. The van der Waals surface area contributed by atoms with E-state index in [1.807, 2.05) is 6.07 Å². The van der Waals surface area contributed by atoms with Gasteiger partial charge in [0, 0.05) is 22.9 Å². The van der Waals surface area contributed by atoms with E-state index < -0.39 is 0 Å². The minimum absolute atomic E-state index is 0.0748. The second-order valence-corrected chi connectivity index (χ2v) is 5.48. The van der Waals surface area contributed by atoms with Gasteiger partial charge in [-0.3, -0.25) is 0 Å². The van der Waals surface area contributed by atoms with E-state index in [2.05, 4.69) is 36.6 Å². The van der Waals surface area contributed by atoms with Crippen LogP contribution in [-0.2, 0) is 0 Å². The minimum atomic E-state index is 0.0748. The highest BCUT2D eigenvalue weighted by molar-refractivity contribution is 7.10. The highest BCUT2D eigenvalue weighted by atomic mass is 32.1. The fourth-order valence-corrected chi connectivity index (χ4v) is 3.04. The van der Waals surface area contributed by atoms with Crippen molar-refractivity contribution < 1.29 is 4.74 Å². The van der Waals surface area contributed by atoms with Crippen molar-refractivity contribution in [2.75, 3.05) is 0 Å². The molecule has 3 heteroatoms. The number of rotatable bonds is 1. The van der Waals surface area contributed by atoms with Crippen LogP contribution in [-0.4, -0.2) is 0 Å². The Morgan fingerprint density at radius 1 is 1.35 bits per heavy atom. The number of hydrogen-bond donors (Lipinski definition) is 1. The molecule has 2 heterocycles. The summed E-state index contributed by atoms with van der Waals surface area (Å²) in [5, 5.41) is 2.08. The third kappa shape index (κ3) is 1.96. The normalized spacial score (nSPS) is 22.9. The van der Waals surface area contributed by atoms with Crippen LogP contribution in [0.5, 0.6) is 5.75 Å². The van der Waals surface area contributed by atoms with Gasteiger partial charge in [0.25, 0.3) is 0 Å². The Balaban J connectivity index is 1.96. The molecule has 0 aliphatic carbocycles. The first-order valence-electron chi connectivity index (χ1n) is 5.80. The average Bonchev–Trinajstić information content (AvgIpc) is 2.83. The van der Waals surface area contributed by atoms with Crippen molar-refractivity contribution in [3.63, 3.8) is 0 Å². The molecule has 0 radical (unpaired) electrons. The molecule has 2 unspecified atom stereocenters. The molecule has 0 saturated heterocycles. The summed E-state index contributed by atoms with van der Waals surface area (Å²) in [6.45, 7) is 2.08. The second kappa shape index (κ2) is 4.17. The summed E-state index contributed by atoms with van der Waals surface area (Å²) >= 11 is 1.73. The SMILES string of the molecule is Cc1ccc2c(c1)C(N)CC(c1cccs1)O2. The van der Waals surface area contributed by atoms with E-state index in [0.717, 1.165) is 17.7 Å². The number of nitrogens with two attached hydrogens (primary N) is 1. The van der Waals surface area contributed by atoms with E-state index in [-0.39, 0.29) is 12.1 Å². The number of hydrogen-bond acceptors (Lipinski definition) is 3. The Kier molecular flexibility index (Phi) is 2.65. The summed E-state index contributed by atoms with van der Waals surface area (Å²) in [5.74, 6) is 0.938. The number of fused-ring (bicyclic) bond motifs is 1. The monoisotopic (exact) mass is 245 g/mol. The van der Waals surface area contributed by atoms with Gasteiger partial charge in [-0.2, -0.15) is 0 Å². The maximum absolute atomic E-state index is 6.24. The van der Waals surface area contributed by atoms with Crippen LogP contribution in [0.15, 0.2) is 35.7 Å². The Labute approximate surface area is 105 Å².